The van der Waals surface area contributed by atoms with Gasteiger partial charge >= 0.3 is 0 Å². The maximum absolute atomic E-state index is 12.4. The summed E-state index contributed by atoms with van der Waals surface area (Å²) in [5, 5.41) is 10.2. The Labute approximate surface area is 148 Å². The van der Waals surface area contributed by atoms with Gasteiger partial charge in [0, 0.05) is 35.2 Å². The van der Waals surface area contributed by atoms with Gasteiger partial charge < -0.3 is 5.32 Å². The normalized spacial score (nSPS) is 11.1. The third-order valence-corrected chi connectivity index (χ3v) is 4.37. The number of benzene rings is 1. The van der Waals surface area contributed by atoms with Gasteiger partial charge in [-0.2, -0.15) is 5.10 Å². The Balaban J connectivity index is 1.74. The topological polar surface area (TPSA) is 59.3 Å². The lowest BCUT2D eigenvalue weighted by molar-refractivity contribution is 0.102. The molecule has 2 aromatic heterocycles. The third-order valence-electron chi connectivity index (χ3n) is 3.30. The molecule has 0 saturated carbocycles. The SMILES string of the molecule is CCn1cc(/C=N/c2sccc2C(=O)Nc2ccc(Cl)cc2)cn1. The van der Waals surface area contributed by atoms with Crippen LogP contribution in [0.3, 0.4) is 0 Å². The second kappa shape index (κ2) is 7.42. The molecule has 1 aromatic carbocycles. The Kier molecular flexibility index (Phi) is 5.08. The molecule has 3 aromatic rings. The Bertz CT molecular complexity index is 867. The fraction of sp³-hybridized carbons (Fsp3) is 0.118. The van der Waals surface area contributed by atoms with Gasteiger partial charge in [0.2, 0.25) is 0 Å². The van der Waals surface area contributed by atoms with Gasteiger partial charge in [0.1, 0.15) is 5.00 Å². The Morgan fingerprint density at radius 3 is 2.88 bits per heavy atom. The minimum Gasteiger partial charge on any atom is -0.322 e. The highest BCUT2D eigenvalue weighted by atomic mass is 35.5. The number of aryl methyl sites for hydroxylation is 1. The number of rotatable bonds is 5. The minimum absolute atomic E-state index is 0.199. The van der Waals surface area contributed by atoms with E-state index in [1.54, 1.807) is 42.7 Å². The monoisotopic (exact) mass is 358 g/mol. The molecule has 24 heavy (non-hydrogen) atoms. The predicted molar refractivity (Wildman–Crippen MR) is 98.9 cm³/mol. The lowest BCUT2D eigenvalue weighted by Gasteiger charge is -2.04. The molecule has 2 heterocycles. The van der Waals surface area contributed by atoms with Gasteiger partial charge in [0.05, 0.1) is 11.8 Å². The molecule has 7 heteroatoms. The van der Waals surface area contributed by atoms with E-state index < -0.39 is 0 Å². The van der Waals surface area contributed by atoms with Gasteiger partial charge in [-0.3, -0.25) is 9.48 Å². The lowest BCUT2D eigenvalue weighted by Crippen LogP contribution is -2.10. The molecule has 0 bridgehead atoms. The van der Waals surface area contributed by atoms with E-state index in [0.717, 1.165) is 12.1 Å². The first-order valence-electron chi connectivity index (χ1n) is 7.36. The number of amides is 1. The van der Waals surface area contributed by atoms with E-state index in [4.69, 9.17) is 11.6 Å². The zero-order valence-corrected chi connectivity index (χ0v) is 14.5. The van der Waals surface area contributed by atoms with Crippen LogP contribution in [-0.2, 0) is 6.54 Å². The van der Waals surface area contributed by atoms with Crippen LogP contribution in [0.15, 0.2) is 53.1 Å². The van der Waals surface area contributed by atoms with Gasteiger partial charge in [-0.15, -0.1) is 11.3 Å². The second-order valence-electron chi connectivity index (χ2n) is 4.99. The molecule has 0 spiro atoms. The highest BCUT2D eigenvalue weighted by molar-refractivity contribution is 7.14. The van der Waals surface area contributed by atoms with Crippen molar-refractivity contribution < 1.29 is 4.79 Å². The summed E-state index contributed by atoms with van der Waals surface area (Å²) in [5.74, 6) is -0.199. The van der Waals surface area contributed by atoms with Crippen LogP contribution in [0.1, 0.15) is 22.8 Å². The van der Waals surface area contributed by atoms with Crippen molar-refractivity contribution in [3.8, 4) is 0 Å². The van der Waals surface area contributed by atoms with E-state index in [1.807, 2.05) is 23.2 Å². The van der Waals surface area contributed by atoms with E-state index in [9.17, 15) is 4.79 Å². The maximum atomic E-state index is 12.4. The Morgan fingerprint density at radius 2 is 2.17 bits per heavy atom. The summed E-state index contributed by atoms with van der Waals surface area (Å²) < 4.78 is 1.82. The molecule has 5 nitrogen and oxygen atoms in total. The van der Waals surface area contributed by atoms with Crippen molar-refractivity contribution in [3.05, 3.63) is 64.3 Å². The standard InChI is InChI=1S/C17H15ClN4OS/c1-2-22-11-12(10-20-22)9-19-17-15(7-8-24-17)16(23)21-14-5-3-13(18)4-6-14/h3-11H,2H2,1H3,(H,21,23)/b19-9+. The van der Waals surface area contributed by atoms with Crippen LogP contribution >= 0.6 is 22.9 Å². The summed E-state index contributed by atoms with van der Waals surface area (Å²) in [6.07, 6.45) is 5.36. The molecule has 0 saturated heterocycles. The summed E-state index contributed by atoms with van der Waals surface area (Å²) in [4.78, 5) is 16.8. The van der Waals surface area contributed by atoms with Gasteiger partial charge in [0.25, 0.3) is 5.91 Å². The van der Waals surface area contributed by atoms with Crippen LogP contribution in [0, 0.1) is 0 Å². The first kappa shape index (κ1) is 16.4. The van der Waals surface area contributed by atoms with Gasteiger partial charge in [-0.1, -0.05) is 11.6 Å². The third kappa shape index (κ3) is 3.90. The smallest absolute Gasteiger partial charge is 0.258 e. The lowest BCUT2D eigenvalue weighted by atomic mass is 10.2. The molecule has 1 N–H and O–H groups in total. The van der Waals surface area contributed by atoms with E-state index in [0.29, 0.717) is 21.3 Å². The molecule has 122 valence electrons. The van der Waals surface area contributed by atoms with Crippen molar-refractivity contribution in [1.82, 2.24) is 9.78 Å². The number of thiophene rings is 1. The van der Waals surface area contributed by atoms with Gasteiger partial charge in [-0.05, 0) is 42.6 Å². The number of carbonyl (C=O) groups excluding carboxylic acids is 1. The van der Waals surface area contributed by atoms with Crippen molar-refractivity contribution in [2.45, 2.75) is 13.5 Å². The number of hydrogen-bond donors (Lipinski definition) is 1. The number of halogens is 1. The molecule has 0 aliphatic heterocycles. The second-order valence-corrected chi connectivity index (χ2v) is 6.32. The molecule has 0 radical (unpaired) electrons. The number of anilines is 1. The number of aliphatic imine (C=N–C) groups is 1. The zero-order chi connectivity index (χ0) is 16.9. The molecule has 1 amide bonds. The average molecular weight is 359 g/mol. The van der Waals surface area contributed by atoms with Crippen LogP contribution in [0.2, 0.25) is 5.02 Å². The number of hydrogen-bond acceptors (Lipinski definition) is 4. The van der Waals surface area contributed by atoms with Crippen LogP contribution in [0.5, 0.6) is 0 Å². The highest BCUT2D eigenvalue weighted by Gasteiger charge is 2.12. The van der Waals surface area contributed by atoms with Crippen molar-refractivity contribution in [3.63, 3.8) is 0 Å². The van der Waals surface area contributed by atoms with E-state index in [2.05, 4.69) is 15.4 Å². The molecule has 0 aliphatic carbocycles. The van der Waals surface area contributed by atoms with Gasteiger partial charge in [-0.25, -0.2) is 4.99 Å². The zero-order valence-electron chi connectivity index (χ0n) is 12.9. The van der Waals surface area contributed by atoms with E-state index >= 15 is 0 Å². The van der Waals surface area contributed by atoms with Crippen molar-refractivity contribution >= 4 is 45.7 Å². The van der Waals surface area contributed by atoms with Crippen LogP contribution < -0.4 is 5.32 Å². The largest absolute Gasteiger partial charge is 0.322 e. The maximum Gasteiger partial charge on any atom is 0.258 e. The number of nitrogens with one attached hydrogen (secondary N) is 1. The van der Waals surface area contributed by atoms with Crippen LogP contribution in [0.4, 0.5) is 10.7 Å². The van der Waals surface area contributed by atoms with Crippen molar-refractivity contribution in [1.29, 1.82) is 0 Å². The summed E-state index contributed by atoms with van der Waals surface area (Å²) in [5.41, 5.74) is 2.12. The number of aromatic nitrogens is 2. The fourth-order valence-corrected chi connectivity index (χ4v) is 2.92. The van der Waals surface area contributed by atoms with Gasteiger partial charge in [0.15, 0.2) is 0 Å². The minimum atomic E-state index is -0.199. The molecular weight excluding hydrogens is 344 g/mol. The Hall–Kier alpha value is -2.44. The first-order valence-corrected chi connectivity index (χ1v) is 8.62. The van der Waals surface area contributed by atoms with E-state index in [1.165, 1.54) is 11.3 Å². The Morgan fingerprint density at radius 1 is 1.38 bits per heavy atom. The number of nitrogens with zero attached hydrogens (tertiary/aromatic N) is 3. The quantitative estimate of drug-likeness (QED) is 0.676. The van der Waals surface area contributed by atoms with Crippen molar-refractivity contribution in [2.75, 3.05) is 5.32 Å². The molecule has 0 fully saturated rings. The summed E-state index contributed by atoms with van der Waals surface area (Å²) in [7, 11) is 0. The summed E-state index contributed by atoms with van der Waals surface area (Å²) in [6.45, 7) is 2.83. The first-order chi connectivity index (χ1) is 11.7. The predicted octanol–water partition coefficient (Wildman–Crippen LogP) is 4.62. The molecular formula is C17H15ClN4OS. The van der Waals surface area contributed by atoms with Crippen molar-refractivity contribution in [2.24, 2.45) is 4.99 Å². The average Bonchev–Trinajstić information content (AvgIpc) is 3.23. The molecule has 3 rings (SSSR count). The van der Waals surface area contributed by atoms with Crippen LogP contribution in [-0.4, -0.2) is 21.9 Å². The number of carbonyl (C=O) groups is 1. The molecule has 0 atom stereocenters. The summed E-state index contributed by atoms with van der Waals surface area (Å²) >= 11 is 7.26. The molecule has 0 aliphatic rings. The summed E-state index contributed by atoms with van der Waals surface area (Å²) in [6, 6.07) is 8.74. The van der Waals surface area contributed by atoms with E-state index in [-0.39, 0.29) is 5.91 Å². The highest BCUT2D eigenvalue weighted by Crippen LogP contribution is 2.27. The molecule has 0 unspecified atom stereocenters. The van der Waals surface area contributed by atoms with Crippen LogP contribution in [0.25, 0.3) is 0 Å². The fourth-order valence-electron chi connectivity index (χ4n) is 2.06.